The van der Waals surface area contributed by atoms with Crippen molar-refractivity contribution in [2.45, 2.75) is 25.8 Å². The summed E-state index contributed by atoms with van der Waals surface area (Å²) >= 11 is 0. The molecule has 0 radical (unpaired) electrons. The molecule has 3 unspecified atom stereocenters. The van der Waals surface area contributed by atoms with Crippen LogP contribution in [-0.4, -0.2) is 29.1 Å². The minimum absolute atomic E-state index is 0.0910. The number of fused-ring (bicyclic) bond motifs is 1. The Morgan fingerprint density at radius 2 is 1.95 bits per heavy atom. The van der Waals surface area contributed by atoms with Crippen LogP contribution in [-0.2, 0) is 11.3 Å². The molecular formula is C16H21NO2. The van der Waals surface area contributed by atoms with E-state index in [1.807, 2.05) is 6.07 Å². The van der Waals surface area contributed by atoms with Gasteiger partial charge in [0.1, 0.15) is 0 Å². The van der Waals surface area contributed by atoms with E-state index >= 15 is 0 Å². The molecule has 0 amide bonds. The first-order valence-electron chi connectivity index (χ1n) is 7.21. The van der Waals surface area contributed by atoms with Crippen molar-refractivity contribution in [2.24, 2.45) is 17.8 Å². The molecule has 1 N–H and O–H groups in total. The zero-order chi connectivity index (χ0) is 13.2. The number of carboxylic acids is 1. The number of hydrogen-bond donors (Lipinski definition) is 1. The second-order valence-electron chi connectivity index (χ2n) is 6.04. The molecule has 1 heterocycles. The molecule has 1 saturated heterocycles. The minimum Gasteiger partial charge on any atom is -0.481 e. The van der Waals surface area contributed by atoms with E-state index in [-0.39, 0.29) is 5.92 Å². The van der Waals surface area contributed by atoms with Crippen LogP contribution in [0.25, 0.3) is 0 Å². The van der Waals surface area contributed by atoms with Gasteiger partial charge in [0.05, 0.1) is 5.92 Å². The predicted molar refractivity (Wildman–Crippen MR) is 73.7 cm³/mol. The third kappa shape index (κ3) is 2.81. The zero-order valence-electron chi connectivity index (χ0n) is 11.2. The van der Waals surface area contributed by atoms with Gasteiger partial charge in [0.25, 0.3) is 0 Å². The number of carbonyl (C=O) groups is 1. The third-order valence-corrected chi connectivity index (χ3v) is 4.75. The molecule has 1 aromatic carbocycles. The van der Waals surface area contributed by atoms with Crippen molar-refractivity contribution >= 4 is 5.97 Å². The zero-order valence-corrected chi connectivity index (χ0v) is 11.2. The molecule has 102 valence electrons. The molecular weight excluding hydrogens is 238 g/mol. The Morgan fingerprint density at radius 3 is 2.68 bits per heavy atom. The molecule has 3 atom stereocenters. The lowest BCUT2D eigenvalue weighted by atomic mass is 9.88. The second-order valence-corrected chi connectivity index (χ2v) is 6.04. The first kappa shape index (κ1) is 12.7. The van der Waals surface area contributed by atoms with E-state index in [4.69, 9.17) is 5.11 Å². The van der Waals surface area contributed by atoms with Crippen LogP contribution in [0.1, 0.15) is 24.8 Å². The average Bonchev–Trinajstić information content (AvgIpc) is 2.83. The standard InChI is InChI=1S/C16H21NO2/c18-16(19)14-8-13-6-7-17(11-15(13)9-14)10-12-4-2-1-3-5-12/h1-5,13-15H,6-11H2,(H,18,19). The Balaban J connectivity index is 1.59. The van der Waals surface area contributed by atoms with E-state index in [0.29, 0.717) is 11.8 Å². The van der Waals surface area contributed by atoms with Gasteiger partial charge in [-0.25, -0.2) is 0 Å². The van der Waals surface area contributed by atoms with Gasteiger partial charge in [0.15, 0.2) is 0 Å². The van der Waals surface area contributed by atoms with Crippen LogP contribution >= 0.6 is 0 Å². The number of piperidine rings is 1. The number of benzene rings is 1. The first-order valence-corrected chi connectivity index (χ1v) is 7.21. The van der Waals surface area contributed by atoms with Crippen LogP contribution in [0.15, 0.2) is 30.3 Å². The van der Waals surface area contributed by atoms with Crippen molar-refractivity contribution < 1.29 is 9.90 Å². The summed E-state index contributed by atoms with van der Waals surface area (Å²) in [4.78, 5) is 13.6. The molecule has 1 aromatic rings. The number of nitrogens with zero attached hydrogens (tertiary/aromatic N) is 1. The first-order chi connectivity index (χ1) is 9.22. The van der Waals surface area contributed by atoms with Gasteiger partial charge in [-0.15, -0.1) is 0 Å². The fraction of sp³-hybridized carbons (Fsp3) is 0.562. The van der Waals surface area contributed by atoms with E-state index < -0.39 is 5.97 Å². The number of hydrogen-bond acceptors (Lipinski definition) is 2. The lowest BCUT2D eigenvalue weighted by molar-refractivity contribution is -0.141. The van der Waals surface area contributed by atoms with E-state index in [0.717, 1.165) is 32.5 Å². The van der Waals surface area contributed by atoms with Gasteiger partial charge in [0, 0.05) is 13.1 Å². The molecule has 1 saturated carbocycles. The molecule has 1 aliphatic heterocycles. The smallest absolute Gasteiger partial charge is 0.306 e. The van der Waals surface area contributed by atoms with E-state index in [2.05, 4.69) is 29.2 Å². The molecule has 0 bridgehead atoms. The topological polar surface area (TPSA) is 40.5 Å². The number of carboxylic acid groups (broad SMARTS) is 1. The summed E-state index contributed by atoms with van der Waals surface area (Å²) < 4.78 is 0. The van der Waals surface area contributed by atoms with Crippen molar-refractivity contribution in [1.82, 2.24) is 4.90 Å². The predicted octanol–water partition coefficient (Wildman–Crippen LogP) is 2.62. The second kappa shape index (κ2) is 5.33. The van der Waals surface area contributed by atoms with E-state index in [9.17, 15) is 4.79 Å². The number of rotatable bonds is 3. The maximum absolute atomic E-state index is 11.1. The van der Waals surface area contributed by atoms with Gasteiger partial charge in [0.2, 0.25) is 0 Å². The summed E-state index contributed by atoms with van der Waals surface area (Å²) in [5.41, 5.74) is 1.36. The number of aliphatic carboxylic acids is 1. The SMILES string of the molecule is O=C(O)C1CC2CCN(Cc3ccccc3)CC2C1. The molecule has 3 nitrogen and oxygen atoms in total. The fourth-order valence-electron chi connectivity index (χ4n) is 3.75. The fourth-order valence-corrected chi connectivity index (χ4v) is 3.75. The Kier molecular flexibility index (Phi) is 3.56. The lowest BCUT2D eigenvalue weighted by Crippen LogP contribution is -2.37. The largest absolute Gasteiger partial charge is 0.481 e. The highest BCUT2D eigenvalue weighted by atomic mass is 16.4. The molecule has 3 rings (SSSR count). The lowest BCUT2D eigenvalue weighted by Gasteiger charge is -2.35. The van der Waals surface area contributed by atoms with Gasteiger partial charge in [-0.3, -0.25) is 9.69 Å². The van der Waals surface area contributed by atoms with Gasteiger partial charge in [-0.05, 0) is 43.2 Å². The van der Waals surface area contributed by atoms with Crippen LogP contribution in [0.4, 0.5) is 0 Å². The van der Waals surface area contributed by atoms with Crippen molar-refractivity contribution in [3.63, 3.8) is 0 Å². The molecule has 2 fully saturated rings. The molecule has 19 heavy (non-hydrogen) atoms. The van der Waals surface area contributed by atoms with Crippen LogP contribution in [0, 0.1) is 17.8 Å². The van der Waals surface area contributed by atoms with E-state index in [1.165, 1.54) is 12.0 Å². The van der Waals surface area contributed by atoms with Crippen molar-refractivity contribution in [1.29, 1.82) is 0 Å². The monoisotopic (exact) mass is 259 g/mol. The van der Waals surface area contributed by atoms with Gasteiger partial charge < -0.3 is 5.11 Å². The summed E-state index contributed by atoms with van der Waals surface area (Å²) in [6.45, 7) is 3.19. The van der Waals surface area contributed by atoms with Crippen LogP contribution in [0.3, 0.4) is 0 Å². The Bertz CT molecular complexity index is 445. The summed E-state index contributed by atoms with van der Waals surface area (Å²) in [5.74, 6) is 0.558. The van der Waals surface area contributed by atoms with Crippen molar-refractivity contribution in [2.75, 3.05) is 13.1 Å². The van der Waals surface area contributed by atoms with Crippen molar-refractivity contribution in [3.05, 3.63) is 35.9 Å². The Labute approximate surface area is 114 Å². The van der Waals surface area contributed by atoms with Crippen molar-refractivity contribution in [3.8, 4) is 0 Å². The maximum Gasteiger partial charge on any atom is 0.306 e. The van der Waals surface area contributed by atoms with Crippen LogP contribution in [0.5, 0.6) is 0 Å². The normalized spacial score (nSPS) is 31.1. The molecule has 2 aliphatic rings. The maximum atomic E-state index is 11.1. The number of likely N-dealkylation sites (tertiary alicyclic amines) is 1. The highest BCUT2D eigenvalue weighted by Crippen LogP contribution is 2.41. The molecule has 3 heteroatoms. The average molecular weight is 259 g/mol. The molecule has 0 aromatic heterocycles. The highest BCUT2D eigenvalue weighted by molar-refractivity contribution is 5.70. The van der Waals surface area contributed by atoms with Crippen LogP contribution < -0.4 is 0 Å². The minimum atomic E-state index is -0.594. The molecule has 0 spiro atoms. The van der Waals surface area contributed by atoms with E-state index in [1.54, 1.807) is 0 Å². The summed E-state index contributed by atoms with van der Waals surface area (Å²) in [6, 6.07) is 10.5. The van der Waals surface area contributed by atoms with Crippen LogP contribution in [0.2, 0.25) is 0 Å². The quantitative estimate of drug-likeness (QED) is 0.907. The van der Waals surface area contributed by atoms with Gasteiger partial charge in [-0.2, -0.15) is 0 Å². The Morgan fingerprint density at radius 1 is 1.21 bits per heavy atom. The third-order valence-electron chi connectivity index (χ3n) is 4.75. The summed E-state index contributed by atoms with van der Waals surface area (Å²) in [7, 11) is 0. The Hall–Kier alpha value is -1.35. The summed E-state index contributed by atoms with van der Waals surface area (Å²) in [6.07, 6.45) is 2.95. The van der Waals surface area contributed by atoms with Gasteiger partial charge in [-0.1, -0.05) is 30.3 Å². The molecule has 1 aliphatic carbocycles. The van der Waals surface area contributed by atoms with Gasteiger partial charge >= 0.3 is 5.97 Å². The summed E-state index contributed by atoms with van der Waals surface area (Å²) in [5, 5.41) is 9.15. The highest BCUT2D eigenvalue weighted by Gasteiger charge is 2.40.